The summed E-state index contributed by atoms with van der Waals surface area (Å²) in [6, 6.07) is 0. The Labute approximate surface area is 179 Å². The van der Waals surface area contributed by atoms with Gasteiger partial charge in [-0.25, -0.2) is 9.97 Å². The Morgan fingerprint density at radius 2 is 2.04 bits per heavy atom. The van der Waals surface area contributed by atoms with Gasteiger partial charge in [0.25, 0.3) is 0 Å². The molecule has 1 aliphatic rings. The Kier molecular flexibility index (Phi) is 12.3. The van der Waals surface area contributed by atoms with E-state index in [2.05, 4.69) is 17.0 Å². The second kappa shape index (κ2) is 12.9. The SMILES string of the molecule is C#C/C(SC)=C1\C(=C/C)CCc2cnc(SCC(=O)N(C)C)nc21.CC.S. The lowest BCUT2D eigenvalue weighted by Gasteiger charge is -2.22. The van der Waals surface area contributed by atoms with Crippen LogP contribution in [0.1, 0.15) is 38.4 Å². The highest BCUT2D eigenvalue weighted by molar-refractivity contribution is 8.02. The second-order valence-electron chi connectivity index (χ2n) is 5.47. The Morgan fingerprint density at radius 1 is 1.37 bits per heavy atom. The average Bonchev–Trinajstić information content (AvgIpc) is 2.68. The van der Waals surface area contributed by atoms with Gasteiger partial charge in [-0.2, -0.15) is 13.5 Å². The molecule has 4 nitrogen and oxygen atoms in total. The maximum absolute atomic E-state index is 11.8. The van der Waals surface area contributed by atoms with Gasteiger partial charge in [-0.15, -0.1) is 18.2 Å². The fourth-order valence-electron chi connectivity index (χ4n) is 2.44. The number of nitrogens with zero attached hydrogens (tertiary/aromatic N) is 3. The summed E-state index contributed by atoms with van der Waals surface area (Å²) in [5.74, 6) is 3.15. The molecular formula is C20H29N3OS3. The van der Waals surface area contributed by atoms with Crippen molar-refractivity contribution in [2.24, 2.45) is 0 Å². The Bertz CT molecular complexity index is 749. The van der Waals surface area contributed by atoms with Crippen LogP contribution in [0.25, 0.3) is 5.57 Å². The van der Waals surface area contributed by atoms with Crippen LogP contribution in [-0.4, -0.2) is 46.9 Å². The third-order valence-corrected chi connectivity index (χ3v) is 5.37. The summed E-state index contributed by atoms with van der Waals surface area (Å²) < 4.78 is 0. The Hall–Kier alpha value is -1.36. The van der Waals surface area contributed by atoms with Gasteiger partial charge in [-0.3, -0.25) is 4.79 Å². The molecule has 27 heavy (non-hydrogen) atoms. The van der Waals surface area contributed by atoms with E-state index in [0.717, 1.165) is 34.6 Å². The van der Waals surface area contributed by atoms with Crippen molar-refractivity contribution < 1.29 is 4.79 Å². The number of fused-ring (bicyclic) bond motifs is 1. The minimum Gasteiger partial charge on any atom is -0.348 e. The van der Waals surface area contributed by atoms with E-state index in [4.69, 9.17) is 11.4 Å². The van der Waals surface area contributed by atoms with E-state index >= 15 is 0 Å². The van der Waals surface area contributed by atoms with Crippen LogP contribution < -0.4 is 0 Å². The normalized spacial score (nSPS) is 15.5. The predicted octanol–water partition coefficient (Wildman–Crippen LogP) is 4.40. The van der Waals surface area contributed by atoms with Crippen LogP contribution in [0.5, 0.6) is 0 Å². The van der Waals surface area contributed by atoms with Gasteiger partial charge in [0.1, 0.15) is 0 Å². The van der Waals surface area contributed by atoms with Crippen molar-refractivity contribution >= 4 is 48.5 Å². The number of aromatic nitrogens is 2. The van der Waals surface area contributed by atoms with Crippen molar-refractivity contribution in [3.63, 3.8) is 0 Å². The van der Waals surface area contributed by atoms with Gasteiger partial charge in [0.05, 0.1) is 16.4 Å². The van der Waals surface area contributed by atoms with Gasteiger partial charge in [0.15, 0.2) is 5.16 Å². The molecule has 0 saturated heterocycles. The number of allylic oxidation sites excluding steroid dienone is 4. The van der Waals surface area contributed by atoms with E-state index in [1.54, 1.807) is 30.8 Å². The van der Waals surface area contributed by atoms with E-state index in [9.17, 15) is 4.79 Å². The molecule has 0 N–H and O–H groups in total. The summed E-state index contributed by atoms with van der Waals surface area (Å²) >= 11 is 2.92. The lowest BCUT2D eigenvalue weighted by molar-refractivity contribution is -0.125. The van der Waals surface area contributed by atoms with Gasteiger partial charge in [-0.1, -0.05) is 37.6 Å². The van der Waals surface area contributed by atoms with E-state index in [-0.39, 0.29) is 19.4 Å². The molecule has 0 unspecified atom stereocenters. The van der Waals surface area contributed by atoms with Crippen molar-refractivity contribution in [1.29, 1.82) is 0 Å². The summed E-state index contributed by atoms with van der Waals surface area (Å²) in [5.41, 5.74) is 4.29. The van der Waals surface area contributed by atoms with E-state index < -0.39 is 0 Å². The maximum atomic E-state index is 11.8. The van der Waals surface area contributed by atoms with Crippen molar-refractivity contribution in [2.75, 3.05) is 26.1 Å². The third kappa shape index (κ3) is 6.63. The van der Waals surface area contributed by atoms with Crippen LogP contribution in [0.15, 0.2) is 27.9 Å². The molecule has 1 heterocycles. The van der Waals surface area contributed by atoms with Gasteiger partial charge in [0, 0.05) is 25.9 Å². The molecule has 1 aromatic rings. The average molecular weight is 424 g/mol. The molecule has 0 saturated carbocycles. The highest BCUT2D eigenvalue weighted by Crippen LogP contribution is 2.38. The quantitative estimate of drug-likeness (QED) is 0.408. The van der Waals surface area contributed by atoms with Crippen LogP contribution in [0.3, 0.4) is 0 Å². The first-order valence-corrected chi connectivity index (χ1v) is 10.8. The molecule has 0 atom stereocenters. The largest absolute Gasteiger partial charge is 0.348 e. The van der Waals surface area contributed by atoms with Gasteiger partial charge in [-0.05, 0) is 37.2 Å². The van der Waals surface area contributed by atoms with Crippen LogP contribution in [0.4, 0.5) is 0 Å². The van der Waals surface area contributed by atoms with E-state index in [1.165, 1.54) is 17.3 Å². The minimum absolute atomic E-state index is 0. The molecule has 148 valence electrons. The van der Waals surface area contributed by atoms with Gasteiger partial charge in [0.2, 0.25) is 5.91 Å². The standard InChI is InChI=1S/C18H21N3OS2.C2H6.H2S/c1-6-12-8-9-13-10-19-18(24-11-15(22)21(3)4)20-17(13)16(12)14(7-2)23-5;1-2;/h2,6,10H,8-9,11H2,1,3-5H3;1-2H3;1H2/b12-6-,16-14-;;. The minimum atomic E-state index is 0. The third-order valence-electron chi connectivity index (χ3n) is 3.80. The fraction of sp³-hybridized carbons (Fsp3) is 0.450. The number of carbonyl (C=O) groups excluding carboxylic acids is 1. The first-order chi connectivity index (χ1) is 12.5. The van der Waals surface area contributed by atoms with Crippen LogP contribution in [0, 0.1) is 12.3 Å². The first-order valence-electron chi connectivity index (χ1n) is 8.61. The fourth-order valence-corrected chi connectivity index (χ4v) is 3.78. The van der Waals surface area contributed by atoms with Crippen LogP contribution >= 0.6 is 37.0 Å². The molecule has 0 aromatic carbocycles. The highest BCUT2D eigenvalue weighted by atomic mass is 32.2. The molecule has 0 radical (unpaired) electrons. The zero-order chi connectivity index (χ0) is 19.7. The number of aryl methyl sites for hydroxylation is 1. The van der Waals surface area contributed by atoms with E-state index in [1.807, 2.05) is 33.2 Å². The number of rotatable bonds is 4. The number of hydrogen-bond donors (Lipinski definition) is 0. The Balaban J connectivity index is 0.00000218. The maximum Gasteiger partial charge on any atom is 0.232 e. The molecule has 0 fully saturated rings. The number of amides is 1. The molecule has 0 spiro atoms. The lowest BCUT2D eigenvalue weighted by atomic mass is 9.87. The summed E-state index contributed by atoms with van der Waals surface area (Å²) in [6.07, 6.45) is 13.5. The van der Waals surface area contributed by atoms with Crippen LogP contribution in [-0.2, 0) is 11.2 Å². The van der Waals surface area contributed by atoms with Crippen molar-refractivity contribution in [2.45, 2.75) is 38.8 Å². The smallest absolute Gasteiger partial charge is 0.232 e. The van der Waals surface area contributed by atoms with Crippen molar-refractivity contribution in [3.05, 3.63) is 34.0 Å². The molecule has 0 aliphatic heterocycles. The number of terminal acetylenes is 1. The zero-order valence-electron chi connectivity index (χ0n) is 16.9. The molecule has 1 amide bonds. The molecule has 1 aliphatic carbocycles. The van der Waals surface area contributed by atoms with Crippen molar-refractivity contribution in [3.8, 4) is 12.3 Å². The Morgan fingerprint density at radius 3 is 2.56 bits per heavy atom. The summed E-state index contributed by atoms with van der Waals surface area (Å²) in [4.78, 5) is 23.3. The zero-order valence-corrected chi connectivity index (χ0v) is 19.6. The number of hydrogen-bond acceptors (Lipinski definition) is 5. The summed E-state index contributed by atoms with van der Waals surface area (Å²) in [6.45, 7) is 6.03. The lowest BCUT2D eigenvalue weighted by Crippen LogP contribution is -2.23. The first kappa shape index (κ1) is 25.6. The summed E-state index contributed by atoms with van der Waals surface area (Å²) in [5, 5.41) is 0.608. The molecule has 7 heteroatoms. The summed E-state index contributed by atoms with van der Waals surface area (Å²) in [7, 11) is 3.49. The molecule has 0 bridgehead atoms. The molecular weight excluding hydrogens is 394 g/mol. The number of thioether (sulfide) groups is 2. The molecule has 1 aromatic heterocycles. The number of carbonyl (C=O) groups is 1. The monoisotopic (exact) mass is 423 g/mol. The second-order valence-corrected chi connectivity index (χ2v) is 7.23. The predicted molar refractivity (Wildman–Crippen MR) is 125 cm³/mol. The molecule has 2 rings (SSSR count). The topological polar surface area (TPSA) is 46.1 Å². The van der Waals surface area contributed by atoms with E-state index in [0.29, 0.717) is 10.9 Å². The van der Waals surface area contributed by atoms with Crippen LogP contribution in [0.2, 0.25) is 0 Å². The van der Waals surface area contributed by atoms with Gasteiger partial charge < -0.3 is 4.90 Å². The van der Waals surface area contributed by atoms with Gasteiger partial charge >= 0.3 is 0 Å². The highest BCUT2D eigenvalue weighted by Gasteiger charge is 2.23. The van der Waals surface area contributed by atoms with Crippen molar-refractivity contribution in [1.82, 2.24) is 14.9 Å².